The first-order chi connectivity index (χ1) is 7.20. The highest BCUT2D eigenvalue weighted by molar-refractivity contribution is 7.18. The van der Waals surface area contributed by atoms with Crippen molar-refractivity contribution in [2.45, 2.75) is 0 Å². The predicted octanol–water partition coefficient (Wildman–Crippen LogP) is 3.01. The molecule has 0 radical (unpaired) electrons. The number of methoxy groups -OCH3 is 1. The number of rotatable bonds is 2. The highest BCUT2D eigenvalue weighted by Gasteiger charge is 2.08. The van der Waals surface area contributed by atoms with E-state index in [0.717, 1.165) is 5.56 Å². The van der Waals surface area contributed by atoms with Crippen LogP contribution in [0.1, 0.15) is 0 Å². The minimum absolute atomic E-state index is 0.179. The van der Waals surface area contributed by atoms with Crippen molar-refractivity contribution >= 4 is 22.9 Å². The van der Waals surface area contributed by atoms with Crippen molar-refractivity contribution in [3.05, 3.63) is 28.5 Å². The zero-order valence-electron chi connectivity index (χ0n) is 7.70. The number of halogens is 2. The Bertz CT molecular complexity index is 489. The van der Waals surface area contributed by atoms with Gasteiger partial charge in [-0.05, 0) is 29.8 Å². The largest absolute Gasteiger partial charge is 0.494 e. The van der Waals surface area contributed by atoms with Crippen LogP contribution in [0, 0.1) is 5.82 Å². The van der Waals surface area contributed by atoms with E-state index >= 15 is 0 Å². The molecule has 0 aliphatic rings. The molecule has 0 bridgehead atoms. The molecule has 0 spiro atoms. The topological polar surface area (TPSA) is 35.0 Å². The normalized spacial score (nSPS) is 10.3. The Hall–Kier alpha value is -1.20. The molecule has 15 heavy (non-hydrogen) atoms. The van der Waals surface area contributed by atoms with Gasteiger partial charge in [-0.25, -0.2) is 4.39 Å². The van der Waals surface area contributed by atoms with E-state index in [2.05, 4.69) is 10.2 Å². The molecule has 3 nitrogen and oxygen atoms in total. The van der Waals surface area contributed by atoms with Gasteiger partial charge in [0.05, 0.1) is 7.11 Å². The lowest BCUT2D eigenvalue weighted by molar-refractivity contribution is 0.387. The molecule has 0 aliphatic carbocycles. The van der Waals surface area contributed by atoms with Gasteiger partial charge in [0.2, 0.25) is 4.47 Å². The second-order valence-corrected chi connectivity index (χ2v) is 4.27. The summed E-state index contributed by atoms with van der Waals surface area (Å²) in [5, 5.41) is 8.16. The Balaban J connectivity index is 2.45. The van der Waals surface area contributed by atoms with Gasteiger partial charge in [0.25, 0.3) is 0 Å². The van der Waals surface area contributed by atoms with Crippen LogP contribution in [0.5, 0.6) is 5.75 Å². The van der Waals surface area contributed by atoms with E-state index in [0.29, 0.717) is 9.47 Å². The van der Waals surface area contributed by atoms with Gasteiger partial charge in [-0.1, -0.05) is 11.3 Å². The Morgan fingerprint density at radius 3 is 2.80 bits per heavy atom. The summed E-state index contributed by atoms with van der Waals surface area (Å²) in [7, 11) is 1.41. The van der Waals surface area contributed by atoms with Crippen molar-refractivity contribution in [3.8, 4) is 16.3 Å². The summed E-state index contributed by atoms with van der Waals surface area (Å²) in [4.78, 5) is 0. The summed E-state index contributed by atoms with van der Waals surface area (Å²) < 4.78 is 18.3. The van der Waals surface area contributed by atoms with E-state index in [1.807, 2.05) is 0 Å². The molecule has 2 rings (SSSR count). The molecule has 0 saturated carbocycles. The van der Waals surface area contributed by atoms with E-state index in [9.17, 15) is 4.39 Å². The van der Waals surface area contributed by atoms with Crippen LogP contribution >= 0.6 is 22.9 Å². The van der Waals surface area contributed by atoms with Gasteiger partial charge in [-0.15, -0.1) is 10.2 Å². The van der Waals surface area contributed by atoms with Gasteiger partial charge in [-0.2, -0.15) is 0 Å². The minimum atomic E-state index is -0.406. The SMILES string of the molecule is COc1cc(-c2nnc(Cl)s2)ccc1F. The van der Waals surface area contributed by atoms with Crippen molar-refractivity contribution in [1.29, 1.82) is 0 Å². The monoisotopic (exact) mass is 244 g/mol. The quantitative estimate of drug-likeness (QED) is 0.815. The predicted molar refractivity (Wildman–Crippen MR) is 56.9 cm³/mol. The fourth-order valence-corrected chi connectivity index (χ4v) is 1.94. The first kappa shape index (κ1) is 10.3. The highest BCUT2D eigenvalue weighted by Crippen LogP contribution is 2.29. The maximum atomic E-state index is 13.1. The van der Waals surface area contributed by atoms with Gasteiger partial charge < -0.3 is 4.74 Å². The van der Waals surface area contributed by atoms with Crippen LogP contribution in [0.25, 0.3) is 10.6 Å². The van der Waals surface area contributed by atoms with Crippen molar-refractivity contribution in [2.75, 3.05) is 7.11 Å². The molecular weight excluding hydrogens is 239 g/mol. The molecule has 78 valence electrons. The Morgan fingerprint density at radius 2 is 2.20 bits per heavy atom. The van der Waals surface area contributed by atoms with Crippen molar-refractivity contribution in [3.63, 3.8) is 0 Å². The molecule has 1 aromatic carbocycles. The smallest absolute Gasteiger partial charge is 0.207 e. The van der Waals surface area contributed by atoms with Crippen LogP contribution in [-0.4, -0.2) is 17.3 Å². The highest BCUT2D eigenvalue weighted by atomic mass is 35.5. The standard InChI is InChI=1S/C9H6ClFN2OS/c1-14-7-4-5(2-3-6(7)11)8-12-13-9(10)15-8/h2-4H,1H3. The van der Waals surface area contributed by atoms with Crippen LogP contribution in [0.15, 0.2) is 18.2 Å². The second kappa shape index (κ2) is 4.12. The maximum absolute atomic E-state index is 13.1. The van der Waals surface area contributed by atoms with Crippen molar-refractivity contribution in [1.82, 2.24) is 10.2 Å². The molecule has 0 fully saturated rings. The summed E-state index contributed by atoms with van der Waals surface area (Å²) in [6.45, 7) is 0. The molecular formula is C9H6ClFN2OS. The molecule has 0 unspecified atom stereocenters. The molecule has 6 heteroatoms. The maximum Gasteiger partial charge on any atom is 0.207 e. The number of hydrogen-bond acceptors (Lipinski definition) is 4. The van der Waals surface area contributed by atoms with E-state index in [1.54, 1.807) is 12.1 Å². The van der Waals surface area contributed by atoms with Gasteiger partial charge in [0.15, 0.2) is 11.6 Å². The molecule has 0 aliphatic heterocycles. The fourth-order valence-electron chi connectivity index (χ4n) is 1.11. The lowest BCUT2D eigenvalue weighted by Crippen LogP contribution is -1.88. The van der Waals surface area contributed by atoms with E-state index in [-0.39, 0.29) is 5.75 Å². The van der Waals surface area contributed by atoms with Crippen molar-refractivity contribution < 1.29 is 9.13 Å². The second-order valence-electron chi connectivity index (χ2n) is 2.71. The van der Waals surface area contributed by atoms with E-state index < -0.39 is 5.82 Å². The molecule has 1 aromatic heterocycles. The first-order valence-electron chi connectivity index (χ1n) is 4.03. The summed E-state index contributed by atoms with van der Waals surface area (Å²) >= 11 is 6.89. The number of hydrogen-bond donors (Lipinski definition) is 0. The third kappa shape index (κ3) is 2.08. The summed E-state index contributed by atoms with van der Waals surface area (Å²) in [6.07, 6.45) is 0. The molecule has 0 saturated heterocycles. The summed E-state index contributed by atoms with van der Waals surface area (Å²) in [6, 6.07) is 4.49. The molecule has 2 aromatic rings. The number of ether oxygens (including phenoxy) is 1. The average molecular weight is 245 g/mol. The number of nitrogens with zero attached hydrogens (tertiary/aromatic N) is 2. The van der Waals surface area contributed by atoms with Crippen molar-refractivity contribution in [2.24, 2.45) is 0 Å². The third-order valence-corrected chi connectivity index (χ3v) is 2.87. The van der Waals surface area contributed by atoms with E-state index in [1.165, 1.54) is 24.5 Å². The third-order valence-electron chi connectivity index (χ3n) is 1.80. The van der Waals surface area contributed by atoms with Crippen LogP contribution < -0.4 is 4.74 Å². The van der Waals surface area contributed by atoms with Crippen LogP contribution in [-0.2, 0) is 0 Å². The number of aromatic nitrogens is 2. The average Bonchev–Trinajstić information content (AvgIpc) is 2.66. The lowest BCUT2D eigenvalue weighted by Gasteiger charge is -2.02. The Kier molecular flexibility index (Phi) is 2.83. The molecule has 0 amide bonds. The Morgan fingerprint density at radius 1 is 1.40 bits per heavy atom. The molecule has 1 heterocycles. The first-order valence-corrected chi connectivity index (χ1v) is 5.23. The van der Waals surface area contributed by atoms with Crippen LogP contribution in [0.4, 0.5) is 4.39 Å². The summed E-state index contributed by atoms with van der Waals surface area (Å²) in [5.74, 6) is -0.226. The lowest BCUT2D eigenvalue weighted by atomic mass is 10.2. The van der Waals surface area contributed by atoms with Gasteiger partial charge in [0, 0.05) is 5.56 Å². The van der Waals surface area contributed by atoms with Gasteiger partial charge in [-0.3, -0.25) is 0 Å². The Labute approximate surface area is 94.5 Å². The van der Waals surface area contributed by atoms with Crippen LogP contribution in [0.2, 0.25) is 4.47 Å². The number of benzene rings is 1. The van der Waals surface area contributed by atoms with Gasteiger partial charge >= 0.3 is 0 Å². The van der Waals surface area contributed by atoms with E-state index in [4.69, 9.17) is 16.3 Å². The minimum Gasteiger partial charge on any atom is -0.494 e. The molecule has 0 N–H and O–H groups in total. The van der Waals surface area contributed by atoms with Gasteiger partial charge in [0.1, 0.15) is 5.01 Å². The van der Waals surface area contributed by atoms with Crippen LogP contribution in [0.3, 0.4) is 0 Å². The zero-order chi connectivity index (χ0) is 10.8. The molecule has 0 atom stereocenters. The fraction of sp³-hybridized carbons (Fsp3) is 0.111. The summed E-state index contributed by atoms with van der Waals surface area (Å²) in [5.41, 5.74) is 0.734. The zero-order valence-corrected chi connectivity index (χ0v) is 9.27.